The Kier molecular flexibility index (Phi) is 5.23. The molecule has 0 aliphatic carbocycles. The second-order valence-electron chi connectivity index (χ2n) is 5.15. The van der Waals surface area contributed by atoms with Crippen LogP contribution in [0.1, 0.15) is 6.92 Å². The zero-order valence-corrected chi connectivity index (χ0v) is 13.3. The van der Waals surface area contributed by atoms with Gasteiger partial charge in [-0.05, 0) is 26.1 Å². The number of likely N-dealkylation sites (N-methyl/N-ethyl adjacent to an activating group) is 1. The number of para-hydroxylation sites is 1. The first-order valence-corrected chi connectivity index (χ1v) is 7.61. The number of amides is 1. The van der Waals surface area contributed by atoms with Crippen LogP contribution < -0.4 is 5.32 Å². The highest BCUT2D eigenvalue weighted by atomic mass is 32.1. The van der Waals surface area contributed by atoms with E-state index < -0.39 is 30.8 Å². The van der Waals surface area contributed by atoms with Crippen LogP contribution in [0.15, 0.2) is 24.3 Å². The Morgan fingerprint density at radius 2 is 2.09 bits per heavy atom. The lowest BCUT2D eigenvalue weighted by Crippen LogP contribution is -2.46. The molecule has 0 saturated heterocycles. The second kappa shape index (κ2) is 6.81. The SMILES string of the molecule is CC(C(=O)Nc1nc2ccccc2s1)N(C)CC(O)C(F)(F)F. The van der Waals surface area contributed by atoms with E-state index >= 15 is 0 Å². The fourth-order valence-corrected chi connectivity index (χ4v) is 2.74. The van der Waals surface area contributed by atoms with E-state index in [0.29, 0.717) is 5.13 Å². The van der Waals surface area contributed by atoms with Crippen molar-refractivity contribution in [2.24, 2.45) is 0 Å². The molecule has 0 aliphatic heterocycles. The molecule has 2 aromatic rings. The van der Waals surface area contributed by atoms with E-state index in [4.69, 9.17) is 5.11 Å². The number of hydrogen-bond acceptors (Lipinski definition) is 5. The summed E-state index contributed by atoms with van der Waals surface area (Å²) in [6.45, 7) is 0.781. The number of aromatic nitrogens is 1. The van der Waals surface area contributed by atoms with Crippen LogP contribution in [0, 0.1) is 0 Å². The topological polar surface area (TPSA) is 65.5 Å². The Bertz CT molecular complexity index is 656. The highest BCUT2D eigenvalue weighted by molar-refractivity contribution is 7.22. The van der Waals surface area contributed by atoms with Crippen molar-refractivity contribution >= 4 is 32.6 Å². The van der Waals surface area contributed by atoms with Gasteiger partial charge in [0.2, 0.25) is 5.91 Å². The fraction of sp³-hybridized carbons (Fsp3) is 0.429. The summed E-state index contributed by atoms with van der Waals surface area (Å²) in [5, 5.41) is 12.0. The number of aliphatic hydroxyl groups excluding tert-OH is 1. The zero-order valence-electron chi connectivity index (χ0n) is 12.5. The Hall–Kier alpha value is -1.71. The highest BCUT2D eigenvalue weighted by Crippen LogP contribution is 2.26. The first-order valence-electron chi connectivity index (χ1n) is 6.80. The Morgan fingerprint density at radius 1 is 1.43 bits per heavy atom. The van der Waals surface area contributed by atoms with Gasteiger partial charge < -0.3 is 10.4 Å². The van der Waals surface area contributed by atoms with E-state index in [1.54, 1.807) is 6.07 Å². The molecular weight excluding hydrogens is 331 g/mol. The molecular formula is C14H16F3N3O2S. The average Bonchev–Trinajstić information content (AvgIpc) is 2.87. The minimum atomic E-state index is -4.71. The van der Waals surface area contributed by atoms with Crippen molar-refractivity contribution in [3.8, 4) is 0 Å². The zero-order chi connectivity index (χ0) is 17.2. The van der Waals surface area contributed by atoms with Crippen molar-refractivity contribution in [2.45, 2.75) is 25.2 Å². The number of carbonyl (C=O) groups excluding carboxylic acids is 1. The Balaban J connectivity index is 1.99. The van der Waals surface area contributed by atoms with E-state index in [2.05, 4.69) is 10.3 Å². The number of hydrogen-bond donors (Lipinski definition) is 2. The van der Waals surface area contributed by atoms with E-state index in [-0.39, 0.29) is 0 Å². The van der Waals surface area contributed by atoms with Crippen LogP contribution in [0.3, 0.4) is 0 Å². The number of carbonyl (C=O) groups is 1. The maximum atomic E-state index is 12.4. The number of rotatable bonds is 5. The third-order valence-electron chi connectivity index (χ3n) is 3.40. The largest absolute Gasteiger partial charge is 0.415 e. The standard InChI is InChI=1S/C14H16F3N3O2S/c1-8(20(2)7-11(21)14(15,16)17)12(22)19-13-18-9-5-3-4-6-10(9)23-13/h3-6,8,11,21H,7H2,1-2H3,(H,18,19,22). The number of halogens is 3. The summed E-state index contributed by atoms with van der Waals surface area (Å²) < 4.78 is 38.0. The number of thiazole rings is 1. The molecule has 0 aliphatic rings. The third kappa shape index (κ3) is 4.40. The number of anilines is 1. The fourth-order valence-electron chi connectivity index (χ4n) is 1.87. The highest BCUT2D eigenvalue weighted by Gasteiger charge is 2.39. The first kappa shape index (κ1) is 17.6. The van der Waals surface area contributed by atoms with Crippen LogP contribution in [0.5, 0.6) is 0 Å². The number of fused-ring (bicyclic) bond motifs is 1. The molecule has 1 amide bonds. The van der Waals surface area contributed by atoms with Gasteiger partial charge >= 0.3 is 6.18 Å². The number of benzene rings is 1. The summed E-state index contributed by atoms with van der Waals surface area (Å²) >= 11 is 1.28. The van der Waals surface area contributed by atoms with Crippen LogP contribution in [-0.4, -0.2) is 52.8 Å². The molecule has 2 N–H and O–H groups in total. The van der Waals surface area contributed by atoms with Gasteiger partial charge in [-0.2, -0.15) is 13.2 Å². The van der Waals surface area contributed by atoms with Crippen molar-refractivity contribution < 1.29 is 23.1 Å². The Morgan fingerprint density at radius 3 is 2.70 bits per heavy atom. The van der Waals surface area contributed by atoms with Gasteiger partial charge in [-0.15, -0.1) is 0 Å². The third-order valence-corrected chi connectivity index (χ3v) is 4.36. The molecule has 1 aromatic carbocycles. The minimum Gasteiger partial charge on any atom is -0.382 e. The molecule has 126 valence electrons. The van der Waals surface area contributed by atoms with Crippen LogP contribution in [0.2, 0.25) is 0 Å². The molecule has 5 nitrogen and oxygen atoms in total. The number of alkyl halides is 3. The van der Waals surface area contributed by atoms with Gasteiger partial charge in [-0.25, -0.2) is 4.98 Å². The lowest BCUT2D eigenvalue weighted by atomic mass is 10.2. The number of nitrogens with zero attached hydrogens (tertiary/aromatic N) is 2. The maximum absolute atomic E-state index is 12.4. The van der Waals surface area contributed by atoms with Gasteiger partial charge in [0.05, 0.1) is 16.3 Å². The normalized spacial score (nSPS) is 14.9. The molecule has 0 bridgehead atoms. The molecule has 9 heteroatoms. The predicted octanol–water partition coefficient (Wildman–Crippen LogP) is 2.48. The van der Waals surface area contributed by atoms with Crippen LogP contribution in [0.25, 0.3) is 10.2 Å². The molecule has 2 atom stereocenters. The molecule has 0 saturated carbocycles. The van der Waals surface area contributed by atoms with E-state index in [0.717, 1.165) is 15.1 Å². The van der Waals surface area contributed by atoms with Crippen molar-refractivity contribution in [1.29, 1.82) is 0 Å². The summed E-state index contributed by atoms with van der Waals surface area (Å²) in [6.07, 6.45) is -7.21. The minimum absolute atomic E-state index is 0.382. The summed E-state index contributed by atoms with van der Waals surface area (Å²) in [5.74, 6) is -0.485. The van der Waals surface area contributed by atoms with Crippen LogP contribution >= 0.6 is 11.3 Å². The lowest BCUT2D eigenvalue weighted by molar-refractivity contribution is -0.208. The molecule has 1 aromatic heterocycles. The van der Waals surface area contributed by atoms with Gasteiger partial charge in [0.25, 0.3) is 0 Å². The van der Waals surface area contributed by atoms with E-state index in [1.165, 1.54) is 25.3 Å². The summed E-state index contributed by atoms with van der Waals surface area (Å²) in [7, 11) is 1.34. The smallest absolute Gasteiger partial charge is 0.382 e. The van der Waals surface area contributed by atoms with Gasteiger partial charge in [0, 0.05) is 6.54 Å². The molecule has 2 rings (SSSR count). The summed E-state index contributed by atoms with van der Waals surface area (Å²) in [5.41, 5.74) is 0.737. The average molecular weight is 347 g/mol. The maximum Gasteiger partial charge on any atom is 0.415 e. The van der Waals surface area contributed by atoms with Gasteiger partial charge in [-0.1, -0.05) is 23.5 Å². The summed E-state index contributed by atoms with van der Waals surface area (Å²) in [4.78, 5) is 17.5. The van der Waals surface area contributed by atoms with Crippen molar-refractivity contribution in [1.82, 2.24) is 9.88 Å². The quantitative estimate of drug-likeness (QED) is 0.872. The molecule has 23 heavy (non-hydrogen) atoms. The van der Waals surface area contributed by atoms with Crippen molar-refractivity contribution in [3.63, 3.8) is 0 Å². The van der Waals surface area contributed by atoms with Crippen LogP contribution in [-0.2, 0) is 4.79 Å². The predicted molar refractivity (Wildman–Crippen MR) is 82.4 cm³/mol. The molecule has 0 spiro atoms. The van der Waals surface area contributed by atoms with Gasteiger partial charge in [0.1, 0.15) is 0 Å². The molecule has 2 unspecified atom stereocenters. The second-order valence-corrected chi connectivity index (χ2v) is 6.18. The number of aliphatic hydroxyl groups is 1. The van der Waals surface area contributed by atoms with E-state index in [1.807, 2.05) is 18.2 Å². The Labute approximate surface area is 134 Å². The molecule has 0 radical (unpaired) electrons. The summed E-state index contributed by atoms with van der Waals surface area (Å²) in [6, 6.07) is 6.48. The molecule has 0 fully saturated rings. The van der Waals surface area contributed by atoms with E-state index in [9.17, 15) is 18.0 Å². The monoisotopic (exact) mass is 347 g/mol. The lowest BCUT2D eigenvalue weighted by Gasteiger charge is -2.26. The number of nitrogens with one attached hydrogen (secondary N) is 1. The first-order chi connectivity index (χ1) is 10.7. The van der Waals surface area contributed by atoms with Crippen LogP contribution in [0.4, 0.5) is 18.3 Å². The van der Waals surface area contributed by atoms with Crippen molar-refractivity contribution in [3.05, 3.63) is 24.3 Å². The van der Waals surface area contributed by atoms with Gasteiger partial charge in [0.15, 0.2) is 11.2 Å². The van der Waals surface area contributed by atoms with Crippen molar-refractivity contribution in [2.75, 3.05) is 18.9 Å². The molecule has 1 heterocycles. The van der Waals surface area contributed by atoms with Gasteiger partial charge in [-0.3, -0.25) is 9.69 Å².